The molecular formula is C12H17ClO3. The normalized spacial score (nSPS) is 11.4. The fourth-order valence-corrected chi connectivity index (χ4v) is 1.84. The zero-order chi connectivity index (χ0) is 12.5. The van der Waals surface area contributed by atoms with Gasteiger partial charge in [0.25, 0.3) is 0 Å². The van der Waals surface area contributed by atoms with Gasteiger partial charge in [-0.15, -0.1) is 0 Å². The van der Waals surface area contributed by atoms with Crippen LogP contribution in [0.25, 0.3) is 0 Å². The lowest BCUT2D eigenvalue weighted by Gasteiger charge is -2.23. The third-order valence-corrected chi connectivity index (χ3v) is 2.96. The van der Waals surface area contributed by atoms with E-state index in [2.05, 4.69) is 0 Å². The van der Waals surface area contributed by atoms with Crippen molar-refractivity contribution in [2.45, 2.75) is 26.4 Å². The van der Waals surface area contributed by atoms with E-state index in [1.807, 2.05) is 6.92 Å². The highest BCUT2D eigenvalue weighted by atomic mass is 35.5. The molecule has 90 valence electrons. The maximum atomic E-state index is 10.0. The van der Waals surface area contributed by atoms with E-state index in [9.17, 15) is 5.11 Å². The third kappa shape index (κ3) is 2.25. The number of aliphatic hydroxyl groups is 1. The topological polar surface area (TPSA) is 38.7 Å². The van der Waals surface area contributed by atoms with Crippen molar-refractivity contribution >= 4 is 11.6 Å². The van der Waals surface area contributed by atoms with Gasteiger partial charge >= 0.3 is 0 Å². The monoisotopic (exact) mass is 244 g/mol. The van der Waals surface area contributed by atoms with Gasteiger partial charge in [0.15, 0.2) is 0 Å². The first-order chi connectivity index (χ1) is 7.32. The van der Waals surface area contributed by atoms with Gasteiger partial charge in [-0.3, -0.25) is 0 Å². The number of hydrogen-bond donors (Lipinski definition) is 1. The maximum Gasteiger partial charge on any atom is 0.144 e. The highest BCUT2D eigenvalue weighted by Crippen LogP contribution is 2.41. The first-order valence-electron chi connectivity index (χ1n) is 4.96. The summed E-state index contributed by atoms with van der Waals surface area (Å²) in [6.45, 7) is 5.20. The van der Waals surface area contributed by atoms with Crippen molar-refractivity contribution in [3.63, 3.8) is 0 Å². The summed E-state index contributed by atoms with van der Waals surface area (Å²) in [5, 5.41) is 10.5. The van der Waals surface area contributed by atoms with E-state index >= 15 is 0 Å². The molecule has 0 atom stereocenters. The largest absolute Gasteiger partial charge is 0.496 e. The number of halogens is 1. The van der Waals surface area contributed by atoms with Crippen LogP contribution < -0.4 is 9.47 Å². The van der Waals surface area contributed by atoms with Gasteiger partial charge in [0.1, 0.15) is 11.5 Å². The van der Waals surface area contributed by atoms with Gasteiger partial charge in [-0.25, -0.2) is 0 Å². The number of rotatable bonds is 3. The molecule has 0 saturated heterocycles. The molecule has 1 aromatic carbocycles. The van der Waals surface area contributed by atoms with E-state index in [1.165, 1.54) is 7.11 Å². The van der Waals surface area contributed by atoms with E-state index in [0.29, 0.717) is 22.1 Å². The van der Waals surface area contributed by atoms with Gasteiger partial charge in [0, 0.05) is 11.1 Å². The van der Waals surface area contributed by atoms with Crippen LogP contribution in [0.4, 0.5) is 0 Å². The molecule has 3 nitrogen and oxygen atoms in total. The minimum absolute atomic E-state index is 0.471. The van der Waals surface area contributed by atoms with E-state index < -0.39 is 5.60 Å². The van der Waals surface area contributed by atoms with Crippen molar-refractivity contribution in [2.75, 3.05) is 14.2 Å². The van der Waals surface area contributed by atoms with Gasteiger partial charge in [-0.1, -0.05) is 11.6 Å². The fraction of sp³-hybridized carbons (Fsp3) is 0.500. The molecule has 0 bridgehead atoms. The quantitative estimate of drug-likeness (QED) is 0.889. The van der Waals surface area contributed by atoms with Crippen molar-refractivity contribution in [3.05, 3.63) is 22.2 Å². The maximum absolute atomic E-state index is 10.0. The summed E-state index contributed by atoms with van der Waals surface area (Å²) in [7, 11) is 3.10. The second-order valence-electron chi connectivity index (χ2n) is 4.16. The van der Waals surface area contributed by atoms with Crippen LogP contribution in [0, 0.1) is 6.92 Å². The predicted molar refractivity (Wildman–Crippen MR) is 64.5 cm³/mol. The highest BCUT2D eigenvalue weighted by Gasteiger charge is 2.25. The minimum atomic E-state index is -1.03. The SMILES string of the molecule is COc1cc(C(C)(C)O)c(OC)c(Cl)c1C. The second kappa shape index (κ2) is 4.52. The first kappa shape index (κ1) is 13.1. The smallest absolute Gasteiger partial charge is 0.144 e. The lowest BCUT2D eigenvalue weighted by Crippen LogP contribution is -2.17. The van der Waals surface area contributed by atoms with Crippen molar-refractivity contribution in [1.82, 2.24) is 0 Å². The Morgan fingerprint density at radius 2 is 1.81 bits per heavy atom. The Bertz CT molecular complexity index is 394. The van der Waals surface area contributed by atoms with E-state index in [-0.39, 0.29) is 0 Å². The van der Waals surface area contributed by atoms with Crippen LogP contribution in [0.1, 0.15) is 25.0 Å². The van der Waals surface area contributed by atoms with Crippen molar-refractivity contribution in [3.8, 4) is 11.5 Å². The first-order valence-corrected chi connectivity index (χ1v) is 5.34. The summed E-state index contributed by atoms with van der Waals surface area (Å²) in [4.78, 5) is 0. The molecule has 4 heteroatoms. The molecule has 16 heavy (non-hydrogen) atoms. The fourth-order valence-electron chi connectivity index (χ4n) is 1.57. The Kier molecular flexibility index (Phi) is 3.71. The predicted octanol–water partition coefficient (Wildman–Crippen LogP) is 2.89. The zero-order valence-electron chi connectivity index (χ0n) is 10.2. The van der Waals surface area contributed by atoms with Crippen LogP contribution >= 0.6 is 11.6 Å². The van der Waals surface area contributed by atoms with Crippen molar-refractivity contribution < 1.29 is 14.6 Å². The zero-order valence-corrected chi connectivity index (χ0v) is 11.0. The van der Waals surface area contributed by atoms with Gasteiger partial charge < -0.3 is 14.6 Å². The van der Waals surface area contributed by atoms with Crippen molar-refractivity contribution in [2.24, 2.45) is 0 Å². The molecule has 0 radical (unpaired) electrons. The molecule has 1 rings (SSSR count). The summed E-state index contributed by atoms with van der Waals surface area (Å²) < 4.78 is 10.4. The molecule has 0 aliphatic heterocycles. The van der Waals surface area contributed by atoms with Crippen LogP contribution in [0.5, 0.6) is 11.5 Å². The minimum Gasteiger partial charge on any atom is -0.496 e. The van der Waals surface area contributed by atoms with Crippen LogP contribution in [0.2, 0.25) is 5.02 Å². The van der Waals surface area contributed by atoms with Crippen molar-refractivity contribution in [1.29, 1.82) is 0 Å². The Morgan fingerprint density at radius 1 is 1.25 bits per heavy atom. The molecule has 0 aliphatic rings. The molecule has 0 fully saturated rings. The molecule has 0 spiro atoms. The number of benzene rings is 1. The average molecular weight is 245 g/mol. The Balaban J connectivity index is 3.54. The summed E-state index contributed by atoms with van der Waals surface area (Å²) in [6.07, 6.45) is 0. The van der Waals surface area contributed by atoms with Gasteiger partial charge in [-0.05, 0) is 26.8 Å². The van der Waals surface area contributed by atoms with Crippen LogP contribution in [0.15, 0.2) is 6.07 Å². The van der Waals surface area contributed by atoms with Gasteiger partial charge in [-0.2, -0.15) is 0 Å². The molecule has 1 aromatic rings. The van der Waals surface area contributed by atoms with E-state index in [1.54, 1.807) is 27.0 Å². The molecule has 0 amide bonds. The van der Waals surface area contributed by atoms with Gasteiger partial charge in [0.2, 0.25) is 0 Å². The summed E-state index contributed by atoms with van der Waals surface area (Å²) in [6, 6.07) is 1.75. The standard InChI is InChI=1S/C12H17ClO3/c1-7-9(15-4)6-8(12(2,3)14)11(16-5)10(7)13/h6,14H,1-5H3. The molecule has 0 aliphatic carbocycles. The Labute approximate surface area is 101 Å². The van der Waals surface area contributed by atoms with E-state index in [0.717, 1.165) is 5.56 Å². The lowest BCUT2D eigenvalue weighted by atomic mass is 9.95. The molecule has 0 heterocycles. The number of hydrogen-bond acceptors (Lipinski definition) is 3. The number of ether oxygens (including phenoxy) is 2. The molecule has 0 saturated carbocycles. The Hall–Kier alpha value is -0.930. The van der Waals surface area contributed by atoms with Crippen LogP contribution in [-0.2, 0) is 5.60 Å². The molecule has 0 unspecified atom stereocenters. The molecular weight excluding hydrogens is 228 g/mol. The lowest BCUT2D eigenvalue weighted by molar-refractivity contribution is 0.0753. The summed E-state index contributed by atoms with van der Waals surface area (Å²) in [5.74, 6) is 1.13. The van der Waals surface area contributed by atoms with Crippen LogP contribution in [-0.4, -0.2) is 19.3 Å². The van der Waals surface area contributed by atoms with E-state index in [4.69, 9.17) is 21.1 Å². The third-order valence-electron chi connectivity index (χ3n) is 2.50. The second-order valence-corrected chi connectivity index (χ2v) is 4.54. The highest BCUT2D eigenvalue weighted by molar-refractivity contribution is 6.33. The molecule has 1 N–H and O–H groups in total. The average Bonchev–Trinajstić information content (AvgIpc) is 2.20. The van der Waals surface area contributed by atoms with Gasteiger partial charge in [0.05, 0.1) is 24.8 Å². The summed E-state index contributed by atoms with van der Waals surface area (Å²) >= 11 is 6.17. The van der Waals surface area contributed by atoms with Crippen LogP contribution in [0.3, 0.4) is 0 Å². The summed E-state index contributed by atoms with van der Waals surface area (Å²) in [5.41, 5.74) is 0.382. The Morgan fingerprint density at radius 3 is 2.19 bits per heavy atom. The number of methoxy groups -OCH3 is 2. The molecule has 0 aromatic heterocycles.